The van der Waals surface area contributed by atoms with E-state index in [9.17, 15) is 9.59 Å². The predicted octanol–water partition coefficient (Wildman–Crippen LogP) is 2.65. The van der Waals surface area contributed by atoms with Crippen LogP contribution in [0.5, 0.6) is 0 Å². The van der Waals surface area contributed by atoms with Crippen molar-refractivity contribution < 1.29 is 9.53 Å². The molecule has 0 saturated heterocycles. The number of fused-ring (bicyclic) bond motifs is 1. The van der Waals surface area contributed by atoms with Crippen molar-refractivity contribution in [3.63, 3.8) is 0 Å². The number of esters is 1. The fourth-order valence-electron chi connectivity index (χ4n) is 2.57. The second-order valence-electron chi connectivity index (χ2n) is 5.36. The normalized spacial score (nSPS) is 10.4. The SMILES string of the molecule is CCn1nc(C(=O)OCc2ccccc2C#N)c2ccccc2c1=O. The van der Waals surface area contributed by atoms with Crippen LogP contribution < -0.4 is 5.56 Å². The minimum Gasteiger partial charge on any atom is -0.456 e. The molecule has 3 aromatic rings. The van der Waals surface area contributed by atoms with Gasteiger partial charge in [-0.1, -0.05) is 36.4 Å². The van der Waals surface area contributed by atoms with Crippen molar-refractivity contribution in [1.29, 1.82) is 5.26 Å². The first-order valence-electron chi connectivity index (χ1n) is 7.80. The van der Waals surface area contributed by atoms with Gasteiger partial charge in [-0.05, 0) is 19.1 Å². The highest BCUT2D eigenvalue weighted by atomic mass is 16.5. The molecule has 0 N–H and O–H groups in total. The van der Waals surface area contributed by atoms with Crippen LogP contribution in [-0.4, -0.2) is 15.7 Å². The van der Waals surface area contributed by atoms with Crippen molar-refractivity contribution in [2.45, 2.75) is 20.1 Å². The lowest BCUT2D eigenvalue weighted by Crippen LogP contribution is -2.25. The molecule has 6 nitrogen and oxygen atoms in total. The van der Waals surface area contributed by atoms with Gasteiger partial charge in [0, 0.05) is 17.5 Å². The van der Waals surface area contributed by atoms with Crippen LogP contribution >= 0.6 is 0 Å². The molecule has 0 saturated carbocycles. The third-order valence-electron chi connectivity index (χ3n) is 3.86. The van der Waals surface area contributed by atoms with E-state index < -0.39 is 5.97 Å². The first-order valence-corrected chi connectivity index (χ1v) is 7.80. The number of aryl methyl sites for hydroxylation is 1. The molecule has 0 amide bonds. The van der Waals surface area contributed by atoms with Crippen LogP contribution in [0.3, 0.4) is 0 Å². The van der Waals surface area contributed by atoms with Gasteiger partial charge in [0.15, 0.2) is 5.69 Å². The number of hydrogen-bond acceptors (Lipinski definition) is 5. The van der Waals surface area contributed by atoms with Gasteiger partial charge in [0.2, 0.25) is 0 Å². The molecule has 124 valence electrons. The lowest BCUT2D eigenvalue weighted by Gasteiger charge is -2.10. The van der Waals surface area contributed by atoms with E-state index in [2.05, 4.69) is 11.2 Å². The van der Waals surface area contributed by atoms with Crippen LogP contribution in [0.1, 0.15) is 28.5 Å². The van der Waals surface area contributed by atoms with Gasteiger partial charge in [0.05, 0.1) is 17.0 Å². The summed E-state index contributed by atoms with van der Waals surface area (Å²) < 4.78 is 6.57. The van der Waals surface area contributed by atoms with Gasteiger partial charge in [-0.2, -0.15) is 10.4 Å². The minimum absolute atomic E-state index is 0.0379. The number of nitriles is 1. The molecule has 25 heavy (non-hydrogen) atoms. The number of rotatable bonds is 4. The zero-order chi connectivity index (χ0) is 17.8. The van der Waals surface area contributed by atoms with E-state index in [0.717, 1.165) is 0 Å². The Kier molecular flexibility index (Phi) is 4.57. The van der Waals surface area contributed by atoms with E-state index in [1.807, 2.05) is 0 Å². The largest absolute Gasteiger partial charge is 0.456 e. The third kappa shape index (κ3) is 3.12. The lowest BCUT2D eigenvalue weighted by molar-refractivity contribution is 0.0465. The number of hydrogen-bond donors (Lipinski definition) is 0. The van der Waals surface area contributed by atoms with E-state index in [0.29, 0.717) is 28.4 Å². The van der Waals surface area contributed by atoms with Gasteiger partial charge in [-0.3, -0.25) is 4.79 Å². The highest BCUT2D eigenvalue weighted by Gasteiger charge is 2.18. The van der Waals surface area contributed by atoms with Gasteiger partial charge in [-0.15, -0.1) is 0 Å². The highest BCUT2D eigenvalue weighted by Crippen LogP contribution is 2.16. The summed E-state index contributed by atoms with van der Waals surface area (Å²) in [5, 5.41) is 14.1. The second-order valence-corrected chi connectivity index (χ2v) is 5.36. The molecule has 3 rings (SSSR count). The molecule has 0 unspecified atom stereocenters. The number of benzene rings is 2. The summed E-state index contributed by atoms with van der Waals surface area (Å²) in [5.41, 5.74) is 0.911. The summed E-state index contributed by atoms with van der Waals surface area (Å²) in [6.45, 7) is 2.09. The van der Waals surface area contributed by atoms with Gasteiger partial charge in [0.1, 0.15) is 6.61 Å². The monoisotopic (exact) mass is 333 g/mol. The summed E-state index contributed by atoms with van der Waals surface area (Å²) in [6, 6.07) is 15.8. The van der Waals surface area contributed by atoms with Gasteiger partial charge in [0.25, 0.3) is 5.56 Å². The summed E-state index contributed by atoms with van der Waals surface area (Å²) in [7, 11) is 0. The number of aromatic nitrogens is 2. The van der Waals surface area contributed by atoms with E-state index in [1.54, 1.807) is 55.5 Å². The van der Waals surface area contributed by atoms with Crippen LogP contribution in [-0.2, 0) is 17.9 Å². The Morgan fingerprint density at radius 2 is 1.84 bits per heavy atom. The van der Waals surface area contributed by atoms with Crippen LogP contribution in [0, 0.1) is 11.3 Å². The van der Waals surface area contributed by atoms with Crippen LogP contribution in [0.15, 0.2) is 53.3 Å². The molecule has 0 aliphatic carbocycles. The molecule has 1 heterocycles. The van der Waals surface area contributed by atoms with E-state index in [1.165, 1.54) is 4.68 Å². The lowest BCUT2D eigenvalue weighted by atomic mass is 10.1. The quantitative estimate of drug-likeness (QED) is 0.685. The van der Waals surface area contributed by atoms with Crippen LogP contribution in [0.2, 0.25) is 0 Å². The Bertz CT molecular complexity index is 1050. The van der Waals surface area contributed by atoms with Crippen molar-refractivity contribution in [1.82, 2.24) is 9.78 Å². The maximum absolute atomic E-state index is 12.5. The average molecular weight is 333 g/mol. The summed E-state index contributed by atoms with van der Waals surface area (Å²) >= 11 is 0. The first-order chi connectivity index (χ1) is 12.2. The van der Waals surface area contributed by atoms with Crippen molar-refractivity contribution in [2.75, 3.05) is 0 Å². The molecule has 0 atom stereocenters. The van der Waals surface area contributed by atoms with Crippen molar-refractivity contribution >= 4 is 16.7 Å². The molecule has 0 radical (unpaired) electrons. The van der Waals surface area contributed by atoms with Crippen LogP contribution in [0.25, 0.3) is 10.8 Å². The molecule has 0 aliphatic heterocycles. The average Bonchev–Trinajstić information content (AvgIpc) is 2.67. The maximum atomic E-state index is 12.5. The Hall–Kier alpha value is -3.46. The number of ether oxygens (including phenoxy) is 1. The highest BCUT2D eigenvalue weighted by molar-refractivity contribution is 6.02. The fourth-order valence-corrected chi connectivity index (χ4v) is 2.57. The number of carbonyl (C=O) groups is 1. The Morgan fingerprint density at radius 1 is 1.16 bits per heavy atom. The smallest absolute Gasteiger partial charge is 0.359 e. The summed E-state index contributed by atoms with van der Waals surface area (Å²) in [4.78, 5) is 24.8. The Labute approximate surface area is 143 Å². The summed E-state index contributed by atoms with van der Waals surface area (Å²) in [6.07, 6.45) is 0. The second kappa shape index (κ2) is 6.97. The first kappa shape index (κ1) is 16.4. The van der Waals surface area contributed by atoms with E-state index in [-0.39, 0.29) is 17.9 Å². The maximum Gasteiger partial charge on any atom is 0.359 e. The van der Waals surface area contributed by atoms with Gasteiger partial charge < -0.3 is 4.74 Å². The van der Waals surface area contributed by atoms with Gasteiger partial charge >= 0.3 is 5.97 Å². The van der Waals surface area contributed by atoms with Crippen molar-refractivity contribution in [3.8, 4) is 6.07 Å². The molecule has 6 heteroatoms. The third-order valence-corrected chi connectivity index (χ3v) is 3.86. The van der Waals surface area contributed by atoms with Crippen LogP contribution in [0.4, 0.5) is 0 Å². The zero-order valence-corrected chi connectivity index (χ0v) is 13.6. The minimum atomic E-state index is -0.633. The molecule has 1 aromatic heterocycles. The number of nitrogens with zero attached hydrogens (tertiary/aromatic N) is 3. The molecular formula is C19H15N3O3. The Morgan fingerprint density at radius 3 is 2.56 bits per heavy atom. The number of carbonyl (C=O) groups excluding carboxylic acids is 1. The zero-order valence-electron chi connectivity index (χ0n) is 13.6. The summed E-state index contributed by atoms with van der Waals surface area (Å²) in [5.74, 6) is -0.633. The molecular weight excluding hydrogens is 318 g/mol. The van der Waals surface area contributed by atoms with Crippen molar-refractivity contribution in [2.24, 2.45) is 0 Å². The molecule has 0 spiro atoms. The topological polar surface area (TPSA) is 85.0 Å². The molecule has 0 fully saturated rings. The predicted molar refractivity (Wildman–Crippen MR) is 92.0 cm³/mol. The van der Waals surface area contributed by atoms with E-state index in [4.69, 9.17) is 10.00 Å². The fraction of sp³-hybridized carbons (Fsp3) is 0.158. The van der Waals surface area contributed by atoms with Crippen molar-refractivity contribution in [3.05, 3.63) is 75.7 Å². The van der Waals surface area contributed by atoms with Gasteiger partial charge in [-0.25, -0.2) is 9.48 Å². The van der Waals surface area contributed by atoms with E-state index >= 15 is 0 Å². The Balaban J connectivity index is 1.96. The molecule has 0 bridgehead atoms. The standard InChI is InChI=1S/C19H15N3O3/c1-2-22-18(23)16-10-6-5-9-15(16)17(21-22)19(24)25-12-14-8-4-3-7-13(14)11-20/h3-10H,2,12H2,1H3. The molecule has 2 aromatic carbocycles. The molecule has 0 aliphatic rings.